The van der Waals surface area contributed by atoms with Crippen molar-refractivity contribution < 1.29 is 9.53 Å². The summed E-state index contributed by atoms with van der Waals surface area (Å²) in [5.74, 6) is 6.76. The molecule has 0 aromatic rings. The minimum absolute atomic E-state index is 0.0689. The molecule has 23 heavy (non-hydrogen) atoms. The van der Waals surface area contributed by atoms with Crippen LogP contribution in [0.25, 0.3) is 0 Å². The normalized spacial score (nSPS) is 24.0. The van der Waals surface area contributed by atoms with Crippen molar-refractivity contribution in [1.82, 2.24) is 9.91 Å². The number of allylic oxidation sites excluding steroid dienone is 1. The van der Waals surface area contributed by atoms with Gasteiger partial charge in [-0.2, -0.15) is 0 Å². The van der Waals surface area contributed by atoms with Crippen LogP contribution in [-0.4, -0.2) is 48.2 Å². The number of hydrogen-bond acceptors (Lipinski definition) is 5. The highest BCUT2D eigenvalue weighted by atomic mass is 16.5. The van der Waals surface area contributed by atoms with Gasteiger partial charge in [-0.25, -0.2) is 5.84 Å². The maximum Gasteiger partial charge on any atom is 0.247 e. The van der Waals surface area contributed by atoms with E-state index >= 15 is 0 Å². The van der Waals surface area contributed by atoms with Gasteiger partial charge in [0.15, 0.2) is 0 Å². The lowest BCUT2D eigenvalue weighted by atomic mass is 9.85. The molecule has 1 amide bonds. The molecule has 2 rings (SSSR count). The largest absolute Gasteiger partial charge is 0.401 e. The number of hydrogen-bond donors (Lipinski definition) is 2. The number of likely N-dealkylation sites (tertiary alicyclic amines) is 1. The van der Waals surface area contributed by atoms with Gasteiger partial charge in [0.2, 0.25) is 5.91 Å². The third-order valence-corrected chi connectivity index (χ3v) is 4.72. The number of carbonyl (C=O) groups is 1. The highest BCUT2D eigenvalue weighted by Gasteiger charge is 2.41. The fourth-order valence-corrected chi connectivity index (χ4v) is 3.36. The van der Waals surface area contributed by atoms with E-state index in [9.17, 15) is 4.79 Å². The second-order valence-corrected chi connectivity index (χ2v) is 7.90. The van der Waals surface area contributed by atoms with Crippen LogP contribution in [0.3, 0.4) is 0 Å². The molecule has 1 saturated carbocycles. The Morgan fingerprint density at radius 1 is 1.39 bits per heavy atom. The Balaban J connectivity index is 2.17. The van der Waals surface area contributed by atoms with E-state index in [0.29, 0.717) is 12.5 Å². The van der Waals surface area contributed by atoms with Crippen molar-refractivity contribution in [2.45, 2.75) is 58.5 Å². The van der Waals surface area contributed by atoms with Gasteiger partial charge in [-0.1, -0.05) is 20.8 Å². The first kappa shape index (κ1) is 18.1. The summed E-state index contributed by atoms with van der Waals surface area (Å²) in [6, 6.07) is -0.284. The Labute approximate surface area is 139 Å². The number of nitrogens with two attached hydrogens (primary N) is 2. The van der Waals surface area contributed by atoms with Crippen LogP contribution in [-0.2, 0) is 9.53 Å². The van der Waals surface area contributed by atoms with E-state index in [1.165, 1.54) is 5.01 Å². The van der Waals surface area contributed by atoms with Crippen molar-refractivity contribution in [3.63, 3.8) is 0 Å². The van der Waals surface area contributed by atoms with E-state index in [1.54, 1.807) is 13.3 Å². The van der Waals surface area contributed by atoms with Crippen LogP contribution in [0.5, 0.6) is 0 Å². The second-order valence-electron chi connectivity index (χ2n) is 7.90. The molecule has 0 spiro atoms. The Hall–Kier alpha value is -1.27. The fraction of sp³-hybridized carbons (Fsp3) is 0.824. The number of ether oxygens (including phenoxy) is 1. The molecule has 6 nitrogen and oxygen atoms in total. The van der Waals surface area contributed by atoms with Crippen molar-refractivity contribution >= 4 is 5.91 Å². The van der Waals surface area contributed by atoms with Gasteiger partial charge in [0.1, 0.15) is 6.04 Å². The van der Waals surface area contributed by atoms with E-state index in [0.717, 1.165) is 37.9 Å². The van der Waals surface area contributed by atoms with Crippen LogP contribution in [0.1, 0.15) is 46.5 Å². The zero-order chi connectivity index (χ0) is 17.2. The number of rotatable bonds is 6. The molecule has 1 saturated heterocycles. The van der Waals surface area contributed by atoms with Gasteiger partial charge in [0.05, 0.1) is 12.6 Å². The summed E-state index contributed by atoms with van der Waals surface area (Å²) in [6.45, 7) is 7.47. The van der Waals surface area contributed by atoms with Gasteiger partial charge in [0.25, 0.3) is 0 Å². The molecule has 1 aliphatic carbocycles. The summed E-state index contributed by atoms with van der Waals surface area (Å²) in [7, 11) is 1.68. The number of nitrogens with zero attached hydrogens (tertiary/aromatic N) is 2. The molecule has 2 unspecified atom stereocenters. The van der Waals surface area contributed by atoms with Gasteiger partial charge in [0, 0.05) is 31.5 Å². The maximum atomic E-state index is 13.2. The molecular weight excluding hydrogens is 292 g/mol. The fourth-order valence-electron chi connectivity index (χ4n) is 3.36. The minimum atomic E-state index is -0.433. The highest BCUT2D eigenvalue weighted by Crippen LogP contribution is 2.35. The van der Waals surface area contributed by atoms with E-state index in [-0.39, 0.29) is 17.4 Å². The van der Waals surface area contributed by atoms with Crippen LogP contribution in [0.4, 0.5) is 0 Å². The molecular formula is C17H32N4O2. The lowest BCUT2D eigenvalue weighted by molar-refractivity contribution is -0.141. The lowest BCUT2D eigenvalue weighted by Crippen LogP contribution is -2.57. The molecule has 4 N–H and O–H groups in total. The number of hydrazine groups is 1. The monoisotopic (exact) mass is 324 g/mol. The standard InChI is InChI=1S/C17H32N4O2/c1-17(2,3)15(21(19)10-14(18)12-7-8-12)16(22)20-9-5-6-13(20)11-23-4/h10,12-13,15H,5-9,11,18-19H2,1-4H3/b14-10-. The topological polar surface area (TPSA) is 84.8 Å². The van der Waals surface area contributed by atoms with Gasteiger partial charge in [-0.05, 0) is 31.1 Å². The van der Waals surface area contributed by atoms with Crippen molar-refractivity contribution in [3.8, 4) is 0 Å². The Bertz CT molecular complexity index is 454. The predicted molar refractivity (Wildman–Crippen MR) is 90.9 cm³/mol. The molecule has 1 heterocycles. The average molecular weight is 324 g/mol. The second kappa shape index (κ2) is 7.09. The van der Waals surface area contributed by atoms with Gasteiger partial charge >= 0.3 is 0 Å². The van der Waals surface area contributed by atoms with Crippen LogP contribution in [0, 0.1) is 11.3 Å². The smallest absolute Gasteiger partial charge is 0.247 e. The van der Waals surface area contributed by atoms with Crippen LogP contribution >= 0.6 is 0 Å². The summed E-state index contributed by atoms with van der Waals surface area (Å²) in [5, 5.41) is 1.53. The Morgan fingerprint density at radius 3 is 2.57 bits per heavy atom. The first-order valence-corrected chi connectivity index (χ1v) is 8.55. The van der Waals surface area contributed by atoms with Gasteiger partial charge in [-0.3, -0.25) is 4.79 Å². The van der Waals surface area contributed by atoms with E-state index in [2.05, 4.69) is 0 Å². The first-order chi connectivity index (χ1) is 10.8. The maximum absolute atomic E-state index is 13.2. The predicted octanol–water partition coefficient (Wildman–Crippen LogP) is 1.42. The number of methoxy groups -OCH3 is 1. The van der Waals surface area contributed by atoms with Crippen LogP contribution in [0.15, 0.2) is 11.9 Å². The molecule has 0 bridgehead atoms. The summed E-state index contributed by atoms with van der Waals surface area (Å²) in [5.41, 5.74) is 6.58. The van der Waals surface area contributed by atoms with E-state index < -0.39 is 6.04 Å². The zero-order valence-corrected chi connectivity index (χ0v) is 14.9. The van der Waals surface area contributed by atoms with Crippen molar-refractivity contribution in [2.75, 3.05) is 20.3 Å². The Morgan fingerprint density at radius 2 is 2.04 bits per heavy atom. The summed E-state index contributed by atoms with van der Waals surface area (Å²) in [6.07, 6.45) is 5.99. The minimum Gasteiger partial charge on any atom is -0.401 e. The molecule has 0 aromatic heterocycles. The van der Waals surface area contributed by atoms with Crippen molar-refractivity contribution in [2.24, 2.45) is 22.9 Å². The van der Waals surface area contributed by atoms with Crippen molar-refractivity contribution in [1.29, 1.82) is 0 Å². The quantitative estimate of drug-likeness (QED) is 0.570. The molecule has 132 valence electrons. The number of amides is 1. The number of carbonyl (C=O) groups excluding carboxylic acids is 1. The average Bonchev–Trinajstić information content (AvgIpc) is 3.18. The molecule has 1 aliphatic heterocycles. The molecule has 0 aromatic carbocycles. The van der Waals surface area contributed by atoms with Crippen LogP contribution < -0.4 is 11.6 Å². The third kappa shape index (κ3) is 4.38. The van der Waals surface area contributed by atoms with E-state index in [4.69, 9.17) is 16.3 Å². The lowest BCUT2D eigenvalue weighted by Gasteiger charge is -2.39. The highest BCUT2D eigenvalue weighted by molar-refractivity contribution is 5.83. The molecule has 2 aliphatic rings. The molecule has 2 fully saturated rings. The molecule has 6 heteroatoms. The summed E-state index contributed by atoms with van der Waals surface area (Å²) >= 11 is 0. The zero-order valence-electron chi connectivity index (χ0n) is 14.9. The SMILES string of the molecule is COCC1CCCN1C(=O)C(N(N)/C=C(\N)C1CC1)C(C)(C)C. The first-order valence-electron chi connectivity index (χ1n) is 8.55. The van der Waals surface area contributed by atoms with Gasteiger partial charge < -0.3 is 20.4 Å². The third-order valence-electron chi connectivity index (χ3n) is 4.72. The van der Waals surface area contributed by atoms with Crippen molar-refractivity contribution in [3.05, 3.63) is 11.9 Å². The van der Waals surface area contributed by atoms with Crippen LogP contribution in [0.2, 0.25) is 0 Å². The molecule has 2 atom stereocenters. The summed E-state index contributed by atoms with van der Waals surface area (Å²) < 4.78 is 5.27. The van der Waals surface area contributed by atoms with E-state index in [1.807, 2.05) is 25.7 Å². The Kier molecular flexibility index (Phi) is 5.57. The molecule has 0 radical (unpaired) electrons. The summed E-state index contributed by atoms with van der Waals surface area (Å²) in [4.78, 5) is 15.1. The van der Waals surface area contributed by atoms with Gasteiger partial charge in [-0.15, -0.1) is 0 Å².